The lowest BCUT2D eigenvalue weighted by atomic mass is 9.86. The number of hydrogen-bond acceptors (Lipinski definition) is 2. The van der Waals surface area contributed by atoms with Crippen molar-refractivity contribution >= 4 is 17.7 Å². The molecule has 0 aliphatic heterocycles. The van der Waals surface area contributed by atoms with E-state index in [0.29, 0.717) is 5.92 Å². The molecule has 2 atom stereocenters. The Morgan fingerprint density at radius 3 is 2.85 bits per heavy atom. The molecule has 1 aliphatic carbocycles. The number of thioether (sulfide) groups is 1. The van der Waals surface area contributed by atoms with Gasteiger partial charge in [-0.25, -0.2) is 8.78 Å². The average molecular weight is 299 g/mol. The molecule has 1 saturated carbocycles. The highest BCUT2D eigenvalue weighted by molar-refractivity contribution is 8.00. The zero-order valence-corrected chi connectivity index (χ0v) is 12.3. The number of carbonyl (C=O) groups excluding carboxylic acids is 1. The van der Waals surface area contributed by atoms with Gasteiger partial charge >= 0.3 is 0 Å². The Bertz CT molecular complexity index is 481. The van der Waals surface area contributed by atoms with Crippen LogP contribution in [0.2, 0.25) is 0 Å². The van der Waals surface area contributed by atoms with E-state index in [1.807, 2.05) is 0 Å². The van der Waals surface area contributed by atoms with Crippen molar-refractivity contribution in [3.63, 3.8) is 0 Å². The SMILES string of the molecule is C[C@@H]1CCCC[C@H]1NC(=O)CSc1cc(F)ccc1F. The van der Waals surface area contributed by atoms with Crippen LogP contribution < -0.4 is 5.32 Å². The van der Waals surface area contributed by atoms with Crippen LogP contribution in [0, 0.1) is 17.6 Å². The quantitative estimate of drug-likeness (QED) is 0.858. The normalized spacial score (nSPS) is 22.6. The summed E-state index contributed by atoms with van der Waals surface area (Å²) in [7, 11) is 0. The van der Waals surface area contributed by atoms with Gasteiger partial charge in [-0.3, -0.25) is 4.79 Å². The molecule has 1 aromatic carbocycles. The molecule has 110 valence electrons. The minimum Gasteiger partial charge on any atom is -0.352 e. The van der Waals surface area contributed by atoms with E-state index in [1.54, 1.807) is 0 Å². The number of rotatable bonds is 4. The average Bonchev–Trinajstić information content (AvgIpc) is 2.42. The van der Waals surface area contributed by atoms with Crippen LogP contribution >= 0.6 is 11.8 Å². The first-order chi connectivity index (χ1) is 9.56. The molecule has 0 aromatic heterocycles. The van der Waals surface area contributed by atoms with Crippen LogP contribution in [0.15, 0.2) is 23.1 Å². The van der Waals surface area contributed by atoms with Crippen molar-refractivity contribution in [2.75, 3.05) is 5.75 Å². The minimum atomic E-state index is -0.491. The molecule has 1 fully saturated rings. The standard InChI is InChI=1S/C15H19F2NOS/c1-10-4-2-3-5-13(10)18-15(19)9-20-14-8-11(16)6-7-12(14)17/h6-8,10,13H,2-5,9H2,1H3,(H,18,19)/t10-,13-/m1/s1. The fourth-order valence-corrected chi connectivity index (χ4v) is 3.28. The highest BCUT2D eigenvalue weighted by Crippen LogP contribution is 2.25. The Labute approximate surface area is 122 Å². The lowest BCUT2D eigenvalue weighted by Crippen LogP contribution is -2.41. The maximum absolute atomic E-state index is 13.4. The van der Waals surface area contributed by atoms with Gasteiger partial charge in [0.15, 0.2) is 0 Å². The van der Waals surface area contributed by atoms with Crippen molar-refractivity contribution in [2.24, 2.45) is 5.92 Å². The number of hydrogen-bond donors (Lipinski definition) is 1. The van der Waals surface area contributed by atoms with E-state index in [4.69, 9.17) is 0 Å². The van der Waals surface area contributed by atoms with Gasteiger partial charge in [0, 0.05) is 10.9 Å². The highest BCUT2D eigenvalue weighted by atomic mass is 32.2. The fraction of sp³-hybridized carbons (Fsp3) is 0.533. The van der Waals surface area contributed by atoms with Crippen LogP contribution in [0.3, 0.4) is 0 Å². The molecule has 20 heavy (non-hydrogen) atoms. The third-order valence-corrected chi connectivity index (χ3v) is 4.74. The molecular weight excluding hydrogens is 280 g/mol. The van der Waals surface area contributed by atoms with Crippen LogP contribution in [0.25, 0.3) is 0 Å². The molecule has 0 heterocycles. The summed E-state index contributed by atoms with van der Waals surface area (Å²) in [6.07, 6.45) is 4.50. The Morgan fingerprint density at radius 2 is 2.10 bits per heavy atom. The van der Waals surface area contributed by atoms with E-state index in [2.05, 4.69) is 12.2 Å². The second kappa shape index (κ2) is 7.07. The maximum Gasteiger partial charge on any atom is 0.230 e. The predicted octanol–water partition coefficient (Wildman–Crippen LogP) is 3.75. The highest BCUT2D eigenvalue weighted by Gasteiger charge is 2.22. The van der Waals surface area contributed by atoms with Crippen LogP contribution in [-0.2, 0) is 4.79 Å². The molecule has 5 heteroatoms. The number of nitrogens with one attached hydrogen (secondary N) is 1. The van der Waals surface area contributed by atoms with Gasteiger partial charge in [0.05, 0.1) is 5.75 Å². The van der Waals surface area contributed by atoms with E-state index in [0.717, 1.165) is 49.2 Å². The van der Waals surface area contributed by atoms with E-state index in [9.17, 15) is 13.6 Å². The first-order valence-corrected chi connectivity index (χ1v) is 7.92. The lowest BCUT2D eigenvalue weighted by Gasteiger charge is -2.29. The van der Waals surface area contributed by atoms with E-state index >= 15 is 0 Å². The van der Waals surface area contributed by atoms with Crippen molar-refractivity contribution in [3.8, 4) is 0 Å². The van der Waals surface area contributed by atoms with Gasteiger partial charge in [-0.05, 0) is 37.0 Å². The largest absolute Gasteiger partial charge is 0.352 e. The Hall–Kier alpha value is -1.10. The monoisotopic (exact) mass is 299 g/mol. The predicted molar refractivity (Wildman–Crippen MR) is 76.6 cm³/mol. The molecule has 0 bridgehead atoms. The van der Waals surface area contributed by atoms with Gasteiger partial charge in [0.2, 0.25) is 5.91 Å². The topological polar surface area (TPSA) is 29.1 Å². The van der Waals surface area contributed by atoms with Gasteiger partial charge in [-0.15, -0.1) is 11.8 Å². The zero-order valence-electron chi connectivity index (χ0n) is 11.5. The molecule has 0 unspecified atom stereocenters. The van der Waals surface area contributed by atoms with Crippen LogP contribution in [0.1, 0.15) is 32.6 Å². The van der Waals surface area contributed by atoms with Crippen molar-refractivity contribution in [1.82, 2.24) is 5.32 Å². The summed E-state index contributed by atoms with van der Waals surface area (Å²) in [5.74, 6) is -0.490. The third kappa shape index (κ3) is 4.20. The molecule has 1 N–H and O–H groups in total. The van der Waals surface area contributed by atoms with Gasteiger partial charge in [-0.2, -0.15) is 0 Å². The second-order valence-electron chi connectivity index (χ2n) is 5.30. The molecule has 0 saturated heterocycles. The van der Waals surface area contributed by atoms with Crippen molar-refractivity contribution < 1.29 is 13.6 Å². The van der Waals surface area contributed by atoms with Crippen molar-refractivity contribution in [2.45, 2.75) is 43.5 Å². The minimum absolute atomic E-state index is 0.114. The molecule has 1 amide bonds. The van der Waals surface area contributed by atoms with Crippen molar-refractivity contribution in [3.05, 3.63) is 29.8 Å². The number of amides is 1. The van der Waals surface area contributed by atoms with Crippen molar-refractivity contribution in [1.29, 1.82) is 0 Å². The summed E-state index contributed by atoms with van der Waals surface area (Å²) in [6.45, 7) is 2.14. The summed E-state index contributed by atoms with van der Waals surface area (Å²) in [5.41, 5.74) is 0. The number of benzene rings is 1. The van der Waals surface area contributed by atoms with Gasteiger partial charge in [0.25, 0.3) is 0 Å². The summed E-state index contributed by atoms with van der Waals surface area (Å²) in [4.78, 5) is 12.1. The summed E-state index contributed by atoms with van der Waals surface area (Å²) < 4.78 is 26.4. The van der Waals surface area contributed by atoms with Crippen LogP contribution in [0.5, 0.6) is 0 Å². The third-order valence-electron chi connectivity index (χ3n) is 3.71. The Balaban J connectivity index is 1.84. The maximum atomic E-state index is 13.4. The Kier molecular flexibility index (Phi) is 5.40. The van der Waals surface area contributed by atoms with Gasteiger partial charge in [-0.1, -0.05) is 19.8 Å². The molecule has 1 aromatic rings. The fourth-order valence-electron chi connectivity index (χ4n) is 2.51. The lowest BCUT2D eigenvalue weighted by molar-refractivity contribution is -0.119. The zero-order chi connectivity index (χ0) is 14.5. The van der Waals surface area contributed by atoms with E-state index in [-0.39, 0.29) is 22.6 Å². The van der Waals surface area contributed by atoms with E-state index < -0.39 is 11.6 Å². The molecule has 2 nitrogen and oxygen atoms in total. The number of halogens is 2. The smallest absolute Gasteiger partial charge is 0.230 e. The molecule has 0 radical (unpaired) electrons. The summed E-state index contributed by atoms with van der Waals surface area (Å²) in [5, 5.41) is 3.00. The van der Waals surface area contributed by atoms with Gasteiger partial charge in [0.1, 0.15) is 11.6 Å². The van der Waals surface area contributed by atoms with Crippen LogP contribution in [-0.4, -0.2) is 17.7 Å². The molecule has 2 rings (SSSR count). The summed E-state index contributed by atoms with van der Waals surface area (Å²) >= 11 is 1.03. The molecule has 1 aliphatic rings. The second-order valence-corrected chi connectivity index (χ2v) is 6.32. The first kappa shape index (κ1) is 15.3. The summed E-state index contributed by atoms with van der Waals surface area (Å²) in [6, 6.07) is 3.49. The van der Waals surface area contributed by atoms with Crippen LogP contribution in [0.4, 0.5) is 8.78 Å². The number of carbonyl (C=O) groups is 1. The first-order valence-electron chi connectivity index (χ1n) is 6.93. The van der Waals surface area contributed by atoms with E-state index in [1.165, 1.54) is 6.42 Å². The molecular formula is C15H19F2NOS. The Morgan fingerprint density at radius 1 is 1.35 bits per heavy atom. The molecule has 0 spiro atoms. The van der Waals surface area contributed by atoms with Gasteiger partial charge < -0.3 is 5.32 Å².